The van der Waals surface area contributed by atoms with Gasteiger partial charge in [0.15, 0.2) is 0 Å². The van der Waals surface area contributed by atoms with Crippen molar-refractivity contribution in [2.45, 2.75) is 33.1 Å². The Balaban J connectivity index is 1.55. The van der Waals surface area contributed by atoms with Crippen LogP contribution in [-0.4, -0.2) is 40.4 Å². The van der Waals surface area contributed by atoms with Crippen molar-refractivity contribution in [1.82, 2.24) is 14.9 Å². The summed E-state index contributed by atoms with van der Waals surface area (Å²) in [4.78, 5) is 25.0. The maximum atomic E-state index is 12.2. The molecule has 1 aliphatic rings. The van der Waals surface area contributed by atoms with Gasteiger partial charge in [0, 0.05) is 30.9 Å². The van der Waals surface area contributed by atoms with Crippen molar-refractivity contribution in [3.05, 3.63) is 17.3 Å². The number of nitrogens with one attached hydrogen (secondary N) is 1. The van der Waals surface area contributed by atoms with Gasteiger partial charge < -0.3 is 10.2 Å². The lowest BCUT2D eigenvalue weighted by molar-refractivity contribution is -0.132. The van der Waals surface area contributed by atoms with E-state index >= 15 is 0 Å². The SMILES string of the molecule is Cc1cc2c(NCCC(=O)N3CCC(C)CC3)ncnc2s1. The third-order valence-corrected chi connectivity index (χ3v) is 5.18. The van der Waals surface area contributed by atoms with E-state index in [0.29, 0.717) is 13.0 Å². The zero-order valence-corrected chi connectivity index (χ0v) is 13.9. The summed E-state index contributed by atoms with van der Waals surface area (Å²) in [6.45, 7) is 6.75. The molecule has 0 aliphatic carbocycles. The van der Waals surface area contributed by atoms with E-state index in [2.05, 4.69) is 35.2 Å². The molecule has 2 aromatic rings. The number of thiophene rings is 1. The first-order valence-corrected chi connectivity index (χ1v) is 8.68. The number of anilines is 1. The molecule has 0 aromatic carbocycles. The summed E-state index contributed by atoms with van der Waals surface area (Å²) in [7, 11) is 0. The lowest BCUT2D eigenvalue weighted by atomic mass is 9.99. The van der Waals surface area contributed by atoms with Crippen LogP contribution in [0.3, 0.4) is 0 Å². The van der Waals surface area contributed by atoms with E-state index < -0.39 is 0 Å². The number of aryl methyl sites for hydroxylation is 1. The molecular formula is C16H22N4OS. The molecule has 3 rings (SSSR count). The highest BCUT2D eigenvalue weighted by Gasteiger charge is 2.19. The summed E-state index contributed by atoms with van der Waals surface area (Å²) in [5, 5.41) is 4.33. The average Bonchev–Trinajstić information content (AvgIpc) is 2.89. The first-order chi connectivity index (χ1) is 10.6. The molecule has 118 valence electrons. The fourth-order valence-electron chi connectivity index (χ4n) is 2.82. The van der Waals surface area contributed by atoms with Gasteiger partial charge in [0.05, 0.1) is 5.39 Å². The fourth-order valence-corrected chi connectivity index (χ4v) is 3.67. The number of amides is 1. The normalized spacial score (nSPS) is 16.2. The second-order valence-electron chi connectivity index (χ2n) is 6.04. The Labute approximate surface area is 134 Å². The molecule has 1 N–H and O–H groups in total. The molecule has 5 nitrogen and oxygen atoms in total. The molecule has 1 aliphatic heterocycles. The number of carbonyl (C=O) groups is 1. The van der Waals surface area contributed by atoms with Gasteiger partial charge in [-0.1, -0.05) is 6.92 Å². The van der Waals surface area contributed by atoms with Crippen LogP contribution in [0.4, 0.5) is 5.82 Å². The summed E-state index contributed by atoms with van der Waals surface area (Å²) in [6, 6.07) is 2.09. The fraction of sp³-hybridized carbons (Fsp3) is 0.562. The van der Waals surface area contributed by atoms with Crippen LogP contribution in [0.25, 0.3) is 10.2 Å². The van der Waals surface area contributed by atoms with Crippen LogP contribution < -0.4 is 5.32 Å². The van der Waals surface area contributed by atoms with E-state index in [1.165, 1.54) is 4.88 Å². The van der Waals surface area contributed by atoms with Gasteiger partial charge in [-0.2, -0.15) is 0 Å². The molecule has 22 heavy (non-hydrogen) atoms. The Hall–Kier alpha value is -1.69. The molecule has 0 atom stereocenters. The van der Waals surface area contributed by atoms with E-state index in [0.717, 1.165) is 47.9 Å². The van der Waals surface area contributed by atoms with Gasteiger partial charge in [0.2, 0.25) is 5.91 Å². The number of hydrogen-bond acceptors (Lipinski definition) is 5. The predicted octanol–water partition coefficient (Wildman–Crippen LogP) is 3.06. The van der Waals surface area contributed by atoms with Gasteiger partial charge in [-0.15, -0.1) is 11.3 Å². The standard InChI is InChI=1S/C16H22N4OS/c1-11-4-7-20(8-5-11)14(21)3-6-17-15-13-9-12(2)22-16(13)19-10-18-15/h9-11H,3-8H2,1-2H3,(H,17,18,19). The van der Waals surface area contributed by atoms with Crippen LogP contribution >= 0.6 is 11.3 Å². The van der Waals surface area contributed by atoms with Crippen molar-refractivity contribution in [3.63, 3.8) is 0 Å². The van der Waals surface area contributed by atoms with E-state index in [4.69, 9.17) is 0 Å². The zero-order valence-electron chi connectivity index (χ0n) is 13.1. The summed E-state index contributed by atoms with van der Waals surface area (Å²) >= 11 is 1.66. The van der Waals surface area contributed by atoms with Crippen molar-refractivity contribution < 1.29 is 4.79 Å². The Bertz CT molecular complexity index is 661. The Morgan fingerprint density at radius 1 is 1.41 bits per heavy atom. The monoisotopic (exact) mass is 318 g/mol. The van der Waals surface area contributed by atoms with Crippen molar-refractivity contribution in [2.24, 2.45) is 5.92 Å². The average molecular weight is 318 g/mol. The van der Waals surface area contributed by atoms with Gasteiger partial charge in [-0.05, 0) is 31.7 Å². The number of fused-ring (bicyclic) bond motifs is 1. The maximum Gasteiger partial charge on any atom is 0.224 e. The summed E-state index contributed by atoms with van der Waals surface area (Å²) in [6.07, 6.45) is 4.34. The minimum Gasteiger partial charge on any atom is -0.369 e. The second kappa shape index (κ2) is 6.60. The van der Waals surface area contributed by atoms with Crippen LogP contribution in [0.2, 0.25) is 0 Å². The first-order valence-electron chi connectivity index (χ1n) is 7.86. The molecule has 1 amide bonds. The molecule has 0 spiro atoms. The first kappa shape index (κ1) is 15.2. The molecule has 3 heterocycles. The van der Waals surface area contributed by atoms with Crippen molar-refractivity contribution in [3.8, 4) is 0 Å². The van der Waals surface area contributed by atoms with Crippen molar-refractivity contribution in [2.75, 3.05) is 25.0 Å². The van der Waals surface area contributed by atoms with Crippen LogP contribution in [0.5, 0.6) is 0 Å². The lowest BCUT2D eigenvalue weighted by Crippen LogP contribution is -2.38. The van der Waals surface area contributed by atoms with Gasteiger partial charge in [0.1, 0.15) is 17.0 Å². The van der Waals surface area contributed by atoms with Crippen LogP contribution in [0, 0.1) is 12.8 Å². The highest BCUT2D eigenvalue weighted by atomic mass is 32.1. The molecule has 0 unspecified atom stereocenters. The molecule has 1 saturated heterocycles. The number of nitrogens with zero attached hydrogens (tertiary/aromatic N) is 3. The molecular weight excluding hydrogens is 296 g/mol. The lowest BCUT2D eigenvalue weighted by Gasteiger charge is -2.30. The maximum absolute atomic E-state index is 12.2. The topological polar surface area (TPSA) is 58.1 Å². The van der Waals surface area contributed by atoms with Crippen LogP contribution in [0.15, 0.2) is 12.4 Å². The number of likely N-dealkylation sites (tertiary alicyclic amines) is 1. The van der Waals surface area contributed by atoms with Crippen molar-refractivity contribution in [1.29, 1.82) is 0 Å². The molecule has 1 fully saturated rings. The number of piperidine rings is 1. The van der Waals surface area contributed by atoms with Gasteiger partial charge in [-0.25, -0.2) is 9.97 Å². The van der Waals surface area contributed by atoms with Crippen LogP contribution in [-0.2, 0) is 4.79 Å². The molecule has 0 bridgehead atoms. The second-order valence-corrected chi connectivity index (χ2v) is 7.27. The minimum absolute atomic E-state index is 0.242. The highest BCUT2D eigenvalue weighted by Crippen LogP contribution is 2.27. The number of aromatic nitrogens is 2. The predicted molar refractivity (Wildman–Crippen MR) is 90.2 cm³/mol. The van der Waals surface area contributed by atoms with E-state index in [1.807, 2.05) is 4.90 Å². The third kappa shape index (κ3) is 3.38. The quantitative estimate of drug-likeness (QED) is 0.941. The summed E-state index contributed by atoms with van der Waals surface area (Å²) in [5.41, 5.74) is 0. The molecule has 6 heteroatoms. The summed E-state index contributed by atoms with van der Waals surface area (Å²) < 4.78 is 0. The Kier molecular flexibility index (Phi) is 4.57. The van der Waals surface area contributed by atoms with Gasteiger partial charge >= 0.3 is 0 Å². The zero-order chi connectivity index (χ0) is 15.5. The largest absolute Gasteiger partial charge is 0.369 e. The Morgan fingerprint density at radius 3 is 2.95 bits per heavy atom. The number of rotatable bonds is 4. The minimum atomic E-state index is 0.242. The number of hydrogen-bond donors (Lipinski definition) is 1. The van der Waals surface area contributed by atoms with E-state index in [9.17, 15) is 4.79 Å². The van der Waals surface area contributed by atoms with E-state index in [1.54, 1.807) is 17.7 Å². The van der Waals surface area contributed by atoms with Crippen molar-refractivity contribution >= 4 is 33.3 Å². The molecule has 2 aromatic heterocycles. The third-order valence-electron chi connectivity index (χ3n) is 4.22. The summed E-state index contributed by atoms with van der Waals surface area (Å²) in [5.74, 6) is 1.82. The highest BCUT2D eigenvalue weighted by molar-refractivity contribution is 7.18. The van der Waals surface area contributed by atoms with E-state index in [-0.39, 0.29) is 5.91 Å². The molecule has 0 radical (unpaired) electrons. The molecule has 0 saturated carbocycles. The Morgan fingerprint density at radius 2 is 2.18 bits per heavy atom. The van der Waals surface area contributed by atoms with Gasteiger partial charge in [-0.3, -0.25) is 4.79 Å². The number of carbonyl (C=O) groups excluding carboxylic acids is 1. The van der Waals surface area contributed by atoms with Gasteiger partial charge in [0.25, 0.3) is 0 Å². The van der Waals surface area contributed by atoms with Crippen LogP contribution in [0.1, 0.15) is 31.1 Å². The smallest absolute Gasteiger partial charge is 0.224 e.